The topological polar surface area (TPSA) is 70.6 Å². The van der Waals surface area contributed by atoms with Crippen molar-refractivity contribution < 1.29 is 13.9 Å². The van der Waals surface area contributed by atoms with E-state index in [0.29, 0.717) is 34.8 Å². The summed E-state index contributed by atoms with van der Waals surface area (Å²) in [6, 6.07) is 5.15. The number of anilines is 1. The average Bonchev–Trinajstić information content (AvgIpc) is 3.19. The van der Waals surface area contributed by atoms with Crippen molar-refractivity contribution in [2.24, 2.45) is 11.8 Å². The molecule has 0 bridgehead atoms. The summed E-state index contributed by atoms with van der Waals surface area (Å²) in [5.41, 5.74) is 0.434. The van der Waals surface area contributed by atoms with Gasteiger partial charge in [0.15, 0.2) is 0 Å². The standard InChI is InChI=1S/C25H31ClFN5O2/c26-20-13-29-25(30-14-20)31-7-5-17(6-8-31)2-1-9-34-21-4-3-18(22(27)11-21)10-24(33)32-16-19-12-28-15-23(19)32/h3-4,11,13-14,17,19,23,28H,1-2,5-10,12,15-16H2/t19-,23-/m1/s1. The van der Waals surface area contributed by atoms with Gasteiger partial charge in [-0.1, -0.05) is 17.7 Å². The van der Waals surface area contributed by atoms with Crippen LogP contribution in [-0.4, -0.2) is 66.1 Å². The predicted molar refractivity (Wildman–Crippen MR) is 129 cm³/mol. The molecule has 3 fully saturated rings. The Hall–Kier alpha value is -2.45. The molecular weight excluding hydrogens is 457 g/mol. The Labute approximate surface area is 204 Å². The number of carbonyl (C=O) groups is 1. The average molecular weight is 488 g/mol. The summed E-state index contributed by atoms with van der Waals surface area (Å²) in [5.74, 6) is 2.11. The van der Waals surface area contributed by atoms with E-state index in [-0.39, 0.29) is 24.2 Å². The highest BCUT2D eigenvalue weighted by atomic mass is 35.5. The van der Waals surface area contributed by atoms with Crippen LogP contribution < -0.4 is 15.0 Å². The van der Waals surface area contributed by atoms with Gasteiger partial charge in [-0.15, -0.1) is 0 Å². The molecule has 3 saturated heterocycles. The first kappa shape index (κ1) is 23.3. The van der Waals surface area contributed by atoms with Crippen molar-refractivity contribution in [3.8, 4) is 5.75 Å². The predicted octanol–water partition coefficient (Wildman–Crippen LogP) is 3.32. The van der Waals surface area contributed by atoms with Gasteiger partial charge in [0.05, 0.1) is 30.4 Å². The van der Waals surface area contributed by atoms with E-state index in [1.165, 1.54) is 6.07 Å². The molecule has 2 atom stereocenters. The number of hydrogen-bond acceptors (Lipinski definition) is 6. The summed E-state index contributed by atoms with van der Waals surface area (Å²) >= 11 is 5.87. The molecule has 0 spiro atoms. The lowest BCUT2D eigenvalue weighted by Crippen LogP contribution is -2.58. The third kappa shape index (κ3) is 5.28. The quantitative estimate of drug-likeness (QED) is 0.576. The minimum atomic E-state index is -0.371. The monoisotopic (exact) mass is 487 g/mol. The van der Waals surface area contributed by atoms with E-state index in [9.17, 15) is 9.18 Å². The zero-order chi connectivity index (χ0) is 23.5. The molecule has 34 heavy (non-hydrogen) atoms. The highest BCUT2D eigenvalue weighted by molar-refractivity contribution is 6.30. The normalized spacial score (nSPS) is 22.4. The van der Waals surface area contributed by atoms with E-state index < -0.39 is 0 Å². The molecule has 0 saturated carbocycles. The molecule has 1 aromatic heterocycles. The largest absolute Gasteiger partial charge is 0.493 e. The minimum absolute atomic E-state index is 0.00573. The molecule has 5 rings (SSSR count). The highest BCUT2D eigenvalue weighted by Gasteiger charge is 2.44. The van der Waals surface area contributed by atoms with Crippen LogP contribution in [-0.2, 0) is 11.2 Å². The van der Waals surface area contributed by atoms with Crippen LogP contribution in [0.2, 0.25) is 5.02 Å². The number of piperidine rings is 1. The number of carbonyl (C=O) groups excluding carboxylic acids is 1. The van der Waals surface area contributed by atoms with Crippen molar-refractivity contribution in [1.29, 1.82) is 0 Å². The van der Waals surface area contributed by atoms with E-state index in [0.717, 1.165) is 64.4 Å². The number of ether oxygens (including phenoxy) is 1. The van der Waals surface area contributed by atoms with Gasteiger partial charge >= 0.3 is 0 Å². The van der Waals surface area contributed by atoms with Crippen LogP contribution in [0.3, 0.4) is 0 Å². The Morgan fingerprint density at radius 1 is 1.21 bits per heavy atom. The smallest absolute Gasteiger partial charge is 0.227 e. The molecule has 1 aromatic carbocycles. The molecule has 3 aliphatic rings. The summed E-state index contributed by atoms with van der Waals surface area (Å²) in [6.07, 6.45) is 7.57. The Morgan fingerprint density at radius 2 is 2.00 bits per heavy atom. The number of hydrogen-bond donors (Lipinski definition) is 1. The van der Waals surface area contributed by atoms with Crippen LogP contribution in [0.25, 0.3) is 0 Å². The molecule has 4 heterocycles. The van der Waals surface area contributed by atoms with Crippen molar-refractivity contribution in [3.05, 3.63) is 47.0 Å². The Kier molecular flexibility index (Phi) is 7.15. The van der Waals surface area contributed by atoms with Crippen molar-refractivity contribution >= 4 is 23.5 Å². The first-order chi connectivity index (χ1) is 16.6. The summed E-state index contributed by atoms with van der Waals surface area (Å²) in [4.78, 5) is 25.2. The summed E-state index contributed by atoms with van der Waals surface area (Å²) < 4.78 is 20.4. The lowest BCUT2D eigenvalue weighted by molar-refractivity contribution is -0.140. The molecule has 0 unspecified atom stereocenters. The van der Waals surface area contributed by atoms with Gasteiger partial charge in [0, 0.05) is 50.7 Å². The molecule has 1 N–H and O–H groups in total. The molecule has 2 aromatic rings. The summed E-state index contributed by atoms with van der Waals surface area (Å²) in [6.45, 7) is 5.05. The first-order valence-corrected chi connectivity index (χ1v) is 12.6. The second-order valence-electron chi connectivity index (χ2n) is 9.58. The third-order valence-electron chi connectivity index (χ3n) is 7.35. The third-order valence-corrected chi connectivity index (χ3v) is 7.55. The van der Waals surface area contributed by atoms with E-state index in [1.807, 2.05) is 4.90 Å². The van der Waals surface area contributed by atoms with Crippen LogP contribution in [0.15, 0.2) is 30.6 Å². The number of amides is 1. The molecule has 3 aliphatic heterocycles. The maximum absolute atomic E-state index is 14.6. The fraction of sp³-hybridized carbons (Fsp3) is 0.560. The highest BCUT2D eigenvalue weighted by Crippen LogP contribution is 2.29. The maximum Gasteiger partial charge on any atom is 0.227 e. The fourth-order valence-electron chi connectivity index (χ4n) is 5.29. The molecule has 182 valence electrons. The first-order valence-electron chi connectivity index (χ1n) is 12.2. The van der Waals surface area contributed by atoms with Crippen molar-refractivity contribution in [2.45, 2.75) is 38.1 Å². The molecule has 7 nitrogen and oxygen atoms in total. The van der Waals surface area contributed by atoms with E-state index in [2.05, 4.69) is 20.2 Å². The molecule has 0 aliphatic carbocycles. The van der Waals surface area contributed by atoms with Crippen LogP contribution in [0.4, 0.5) is 10.3 Å². The number of benzene rings is 1. The number of aromatic nitrogens is 2. The number of nitrogens with one attached hydrogen (secondary N) is 1. The van der Waals surface area contributed by atoms with Gasteiger partial charge < -0.3 is 19.9 Å². The van der Waals surface area contributed by atoms with E-state index >= 15 is 0 Å². The maximum atomic E-state index is 14.6. The zero-order valence-electron chi connectivity index (χ0n) is 19.3. The number of halogens is 2. The summed E-state index contributed by atoms with van der Waals surface area (Å²) in [5, 5.41) is 3.86. The zero-order valence-corrected chi connectivity index (χ0v) is 20.0. The van der Waals surface area contributed by atoms with Crippen LogP contribution in [0.1, 0.15) is 31.2 Å². The number of rotatable bonds is 8. The van der Waals surface area contributed by atoms with Gasteiger partial charge in [0.25, 0.3) is 0 Å². The van der Waals surface area contributed by atoms with Crippen molar-refractivity contribution in [3.63, 3.8) is 0 Å². The Morgan fingerprint density at radius 3 is 2.74 bits per heavy atom. The van der Waals surface area contributed by atoms with E-state index in [1.54, 1.807) is 24.5 Å². The lowest BCUT2D eigenvalue weighted by Gasteiger charge is -2.43. The lowest BCUT2D eigenvalue weighted by atomic mass is 9.91. The fourth-order valence-corrected chi connectivity index (χ4v) is 5.38. The summed E-state index contributed by atoms with van der Waals surface area (Å²) in [7, 11) is 0. The van der Waals surface area contributed by atoms with Gasteiger partial charge in [-0.05, 0) is 43.2 Å². The van der Waals surface area contributed by atoms with Gasteiger partial charge in [-0.3, -0.25) is 4.79 Å². The van der Waals surface area contributed by atoms with Gasteiger partial charge in [-0.2, -0.15) is 0 Å². The van der Waals surface area contributed by atoms with Crippen molar-refractivity contribution in [1.82, 2.24) is 20.2 Å². The minimum Gasteiger partial charge on any atom is -0.493 e. The van der Waals surface area contributed by atoms with Crippen LogP contribution in [0.5, 0.6) is 5.75 Å². The number of nitrogens with zero attached hydrogens (tertiary/aromatic N) is 4. The number of likely N-dealkylation sites (tertiary alicyclic amines) is 1. The second kappa shape index (κ2) is 10.4. The second-order valence-corrected chi connectivity index (χ2v) is 10.0. The van der Waals surface area contributed by atoms with Gasteiger partial charge in [0.2, 0.25) is 11.9 Å². The van der Waals surface area contributed by atoms with E-state index in [4.69, 9.17) is 16.3 Å². The molecule has 0 radical (unpaired) electrons. The SMILES string of the molecule is O=C(Cc1ccc(OCCCC2CCN(c3ncc(Cl)cn3)CC2)cc1F)N1C[C@H]2CNC[C@H]21. The number of fused-ring (bicyclic) bond motifs is 1. The molecule has 1 amide bonds. The molecular formula is C25H31ClFN5O2. The Balaban J connectivity index is 1.01. The van der Waals surface area contributed by atoms with Crippen molar-refractivity contribution in [2.75, 3.05) is 44.2 Å². The van der Waals surface area contributed by atoms with Crippen LogP contribution in [0, 0.1) is 17.7 Å². The molecule has 9 heteroatoms. The van der Waals surface area contributed by atoms with Crippen LogP contribution >= 0.6 is 11.6 Å². The van der Waals surface area contributed by atoms with Gasteiger partial charge in [-0.25, -0.2) is 14.4 Å². The van der Waals surface area contributed by atoms with Gasteiger partial charge in [0.1, 0.15) is 11.6 Å². The Bertz CT molecular complexity index is 999.